The van der Waals surface area contributed by atoms with Crippen molar-refractivity contribution < 1.29 is 0 Å². The molecule has 0 aromatic carbocycles. The van der Waals surface area contributed by atoms with E-state index in [1.165, 1.54) is 11.5 Å². The van der Waals surface area contributed by atoms with Gasteiger partial charge in [-0.15, -0.1) is 15.3 Å². The summed E-state index contributed by atoms with van der Waals surface area (Å²) in [5, 5.41) is 18.2. The first kappa shape index (κ1) is 15.5. The van der Waals surface area contributed by atoms with Crippen molar-refractivity contribution in [3.8, 4) is 9.88 Å². The molecule has 110 valence electrons. The Hall–Kier alpha value is -0.920. The lowest BCUT2D eigenvalue weighted by Gasteiger charge is -2.19. The second kappa shape index (κ2) is 6.69. The molecule has 20 heavy (non-hydrogen) atoms. The highest BCUT2D eigenvalue weighted by Crippen LogP contribution is 2.29. The monoisotopic (exact) mass is 311 g/mol. The zero-order valence-corrected chi connectivity index (χ0v) is 14.1. The van der Waals surface area contributed by atoms with Crippen LogP contribution in [-0.2, 0) is 12.8 Å². The summed E-state index contributed by atoms with van der Waals surface area (Å²) in [6.07, 6.45) is 2.93. The van der Waals surface area contributed by atoms with Gasteiger partial charge in [0.25, 0.3) is 0 Å². The molecule has 7 heteroatoms. The molecule has 0 unspecified atom stereocenters. The lowest BCUT2D eigenvalue weighted by Crippen LogP contribution is -2.37. The fourth-order valence-electron chi connectivity index (χ4n) is 1.76. The van der Waals surface area contributed by atoms with E-state index in [1.54, 1.807) is 11.3 Å². The quantitative estimate of drug-likeness (QED) is 0.888. The van der Waals surface area contributed by atoms with Gasteiger partial charge in [-0.25, -0.2) is 0 Å². The summed E-state index contributed by atoms with van der Waals surface area (Å²) < 4.78 is 4.04. The number of hydrogen-bond acceptors (Lipinski definition) is 7. The first-order chi connectivity index (χ1) is 9.49. The smallest absolute Gasteiger partial charge is 0.161 e. The summed E-state index contributed by atoms with van der Waals surface area (Å²) in [5.74, 6) is 0. The van der Waals surface area contributed by atoms with Gasteiger partial charge in [-0.2, -0.15) is 0 Å². The van der Waals surface area contributed by atoms with Crippen molar-refractivity contribution in [2.75, 3.05) is 6.54 Å². The fourth-order valence-corrected chi connectivity index (χ4v) is 3.39. The van der Waals surface area contributed by atoms with Crippen LogP contribution in [0.5, 0.6) is 0 Å². The van der Waals surface area contributed by atoms with Gasteiger partial charge < -0.3 is 5.32 Å². The van der Waals surface area contributed by atoms with E-state index >= 15 is 0 Å². The van der Waals surface area contributed by atoms with Crippen molar-refractivity contribution in [2.45, 2.75) is 52.5 Å². The number of aromatic nitrogens is 4. The third kappa shape index (κ3) is 4.29. The summed E-state index contributed by atoms with van der Waals surface area (Å²) in [6, 6.07) is 0. The zero-order valence-electron chi connectivity index (χ0n) is 12.4. The molecule has 0 aliphatic heterocycles. The maximum absolute atomic E-state index is 4.29. The molecule has 0 bridgehead atoms. The van der Waals surface area contributed by atoms with E-state index in [0.717, 1.165) is 46.4 Å². The van der Waals surface area contributed by atoms with E-state index in [4.69, 9.17) is 0 Å². The Morgan fingerprint density at radius 3 is 2.60 bits per heavy atom. The average molecular weight is 311 g/mol. The van der Waals surface area contributed by atoms with Gasteiger partial charge in [0.2, 0.25) is 0 Å². The van der Waals surface area contributed by atoms with E-state index in [1.807, 2.05) is 0 Å². The largest absolute Gasteiger partial charge is 0.312 e. The van der Waals surface area contributed by atoms with Crippen molar-refractivity contribution in [3.05, 3.63) is 10.7 Å². The number of rotatable bonds is 6. The molecule has 0 saturated heterocycles. The maximum atomic E-state index is 4.29. The highest BCUT2D eigenvalue weighted by atomic mass is 32.1. The normalized spacial score (nSPS) is 12.0. The van der Waals surface area contributed by atoms with Gasteiger partial charge in [0.05, 0.1) is 5.69 Å². The van der Waals surface area contributed by atoms with Crippen LogP contribution >= 0.6 is 22.9 Å². The van der Waals surface area contributed by atoms with Crippen molar-refractivity contribution >= 4 is 22.9 Å². The van der Waals surface area contributed by atoms with Crippen LogP contribution in [0.2, 0.25) is 0 Å². The third-order valence-electron chi connectivity index (χ3n) is 2.70. The van der Waals surface area contributed by atoms with E-state index in [9.17, 15) is 0 Å². The van der Waals surface area contributed by atoms with E-state index in [2.05, 4.69) is 52.8 Å². The van der Waals surface area contributed by atoms with Crippen LogP contribution in [-0.4, -0.2) is 31.9 Å². The van der Waals surface area contributed by atoms with Crippen LogP contribution in [0.4, 0.5) is 0 Å². The second-order valence-electron chi connectivity index (χ2n) is 5.73. The predicted molar refractivity (Wildman–Crippen MR) is 84.3 cm³/mol. The molecule has 0 amide bonds. The van der Waals surface area contributed by atoms with Crippen molar-refractivity contribution in [2.24, 2.45) is 0 Å². The van der Waals surface area contributed by atoms with Gasteiger partial charge in [-0.3, -0.25) is 0 Å². The summed E-state index contributed by atoms with van der Waals surface area (Å²) in [5.41, 5.74) is 1.19. The van der Waals surface area contributed by atoms with Crippen molar-refractivity contribution in [1.29, 1.82) is 0 Å². The Kier molecular flexibility index (Phi) is 5.17. The van der Waals surface area contributed by atoms with Crippen LogP contribution in [0.25, 0.3) is 9.88 Å². The van der Waals surface area contributed by atoms with Crippen LogP contribution in [0, 0.1) is 0 Å². The SMILES string of the molecule is CCCc1nnsc1-c1nnc(CCNC(C)(C)C)s1. The molecular weight excluding hydrogens is 290 g/mol. The highest BCUT2D eigenvalue weighted by molar-refractivity contribution is 7.19. The minimum Gasteiger partial charge on any atom is -0.312 e. The lowest BCUT2D eigenvalue weighted by molar-refractivity contribution is 0.429. The Morgan fingerprint density at radius 1 is 1.10 bits per heavy atom. The molecule has 5 nitrogen and oxygen atoms in total. The van der Waals surface area contributed by atoms with Gasteiger partial charge in [0.1, 0.15) is 9.88 Å². The number of aryl methyl sites for hydroxylation is 1. The summed E-state index contributed by atoms with van der Waals surface area (Å²) in [6.45, 7) is 9.56. The summed E-state index contributed by atoms with van der Waals surface area (Å²) >= 11 is 3.06. The van der Waals surface area contributed by atoms with Crippen LogP contribution in [0.1, 0.15) is 44.8 Å². The highest BCUT2D eigenvalue weighted by Gasteiger charge is 2.15. The molecule has 0 fully saturated rings. The first-order valence-electron chi connectivity index (χ1n) is 6.88. The van der Waals surface area contributed by atoms with Gasteiger partial charge >= 0.3 is 0 Å². The Balaban J connectivity index is 2.00. The van der Waals surface area contributed by atoms with Gasteiger partial charge in [0.15, 0.2) is 5.01 Å². The molecular formula is C13H21N5S2. The molecule has 0 radical (unpaired) electrons. The van der Waals surface area contributed by atoms with Crippen LogP contribution in [0.3, 0.4) is 0 Å². The number of nitrogens with one attached hydrogen (secondary N) is 1. The molecule has 2 aromatic heterocycles. The maximum Gasteiger partial charge on any atom is 0.161 e. The Bertz CT molecular complexity index is 541. The molecule has 0 saturated carbocycles. The van der Waals surface area contributed by atoms with Crippen molar-refractivity contribution in [1.82, 2.24) is 25.1 Å². The van der Waals surface area contributed by atoms with E-state index in [0.29, 0.717) is 0 Å². The molecule has 2 rings (SSSR count). The molecule has 2 heterocycles. The minimum absolute atomic E-state index is 0.142. The van der Waals surface area contributed by atoms with Crippen LogP contribution in [0.15, 0.2) is 0 Å². The predicted octanol–water partition coefficient (Wildman–Crippen LogP) is 2.94. The number of hydrogen-bond donors (Lipinski definition) is 1. The first-order valence-corrected chi connectivity index (χ1v) is 8.47. The lowest BCUT2D eigenvalue weighted by atomic mass is 10.1. The topological polar surface area (TPSA) is 63.6 Å². The molecule has 0 aliphatic rings. The van der Waals surface area contributed by atoms with Crippen LogP contribution < -0.4 is 5.32 Å². The summed E-state index contributed by atoms with van der Waals surface area (Å²) in [4.78, 5) is 1.08. The average Bonchev–Trinajstić information content (AvgIpc) is 2.96. The van der Waals surface area contributed by atoms with Crippen molar-refractivity contribution in [3.63, 3.8) is 0 Å². The molecule has 0 atom stereocenters. The standard InChI is InChI=1S/C13H21N5S2/c1-5-6-9-11(20-18-15-9)12-17-16-10(19-12)7-8-14-13(2,3)4/h14H,5-8H2,1-4H3. The Labute approximate surface area is 128 Å². The summed E-state index contributed by atoms with van der Waals surface area (Å²) in [7, 11) is 0. The van der Waals surface area contributed by atoms with E-state index in [-0.39, 0.29) is 5.54 Å². The van der Waals surface area contributed by atoms with Gasteiger partial charge in [0, 0.05) is 18.5 Å². The molecule has 2 aromatic rings. The number of nitrogens with zero attached hydrogens (tertiary/aromatic N) is 4. The molecule has 0 aliphatic carbocycles. The third-order valence-corrected chi connectivity index (χ3v) is 4.60. The van der Waals surface area contributed by atoms with Gasteiger partial charge in [-0.05, 0) is 38.7 Å². The van der Waals surface area contributed by atoms with E-state index < -0.39 is 0 Å². The zero-order chi connectivity index (χ0) is 14.6. The minimum atomic E-state index is 0.142. The second-order valence-corrected chi connectivity index (χ2v) is 7.54. The fraction of sp³-hybridized carbons (Fsp3) is 0.692. The Morgan fingerprint density at radius 2 is 1.90 bits per heavy atom. The molecule has 1 N–H and O–H groups in total. The molecule has 0 spiro atoms. The van der Waals surface area contributed by atoms with Gasteiger partial charge in [-0.1, -0.05) is 29.2 Å².